The molecule has 2 aliphatic heterocycles. The Balaban J connectivity index is 1.89. The molecule has 18 heavy (non-hydrogen) atoms. The van der Waals surface area contributed by atoms with Crippen LogP contribution in [-0.2, 0) is 19.0 Å². The van der Waals surface area contributed by atoms with Crippen molar-refractivity contribution in [1.29, 1.82) is 0 Å². The van der Waals surface area contributed by atoms with Crippen LogP contribution in [0.15, 0.2) is 0 Å². The highest BCUT2D eigenvalue weighted by atomic mass is 16.7. The number of nitrogens with one attached hydrogen (secondary N) is 1. The molecular weight excluding hydrogens is 242 g/mol. The third-order valence-electron chi connectivity index (χ3n) is 3.08. The molecule has 0 saturated carbocycles. The van der Waals surface area contributed by atoms with Gasteiger partial charge in [0.15, 0.2) is 5.79 Å². The highest BCUT2D eigenvalue weighted by molar-refractivity contribution is 5.76. The van der Waals surface area contributed by atoms with Crippen molar-refractivity contribution in [3.63, 3.8) is 0 Å². The highest BCUT2D eigenvalue weighted by Crippen LogP contribution is 2.32. The Kier molecular flexibility index (Phi) is 4.18. The van der Waals surface area contributed by atoms with Gasteiger partial charge in [0.05, 0.1) is 26.2 Å². The molecule has 2 rings (SSSR count). The van der Waals surface area contributed by atoms with Crippen LogP contribution in [0.25, 0.3) is 0 Å². The monoisotopic (exact) mass is 261 g/mol. The maximum atomic E-state index is 11.6. The van der Waals surface area contributed by atoms with Crippen LogP contribution < -0.4 is 5.32 Å². The molecule has 0 spiro atoms. The van der Waals surface area contributed by atoms with Gasteiger partial charge in [-0.05, 0) is 6.92 Å². The average Bonchev–Trinajstić information content (AvgIpc) is 2.67. The predicted octanol–water partition coefficient (Wildman–Crippen LogP) is -1.62. The van der Waals surface area contributed by atoms with Gasteiger partial charge in [0.25, 0.3) is 0 Å². The highest BCUT2D eigenvalue weighted by Gasteiger charge is 2.47. The summed E-state index contributed by atoms with van der Waals surface area (Å²) >= 11 is 0. The molecule has 104 valence electrons. The smallest absolute Gasteiger partial charge is 0.225 e. The molecule has 0 radical (unpaired) electrons. The molecule has 2 aliphatic rings. The largest absolute Gasteiger partial charge is 0.395 e. The third kappa shape index (κ3) is 2.99. The summed E-state index contributed by atoms with van der Waals surface area (Å²) in [5.74, 6) is -1.33. The van der Waals surface area contributed by atoms with Crippen molar-refractivity contribution in [1.82, 2.24) is 5.32 Å². The van der Waals surface area contributed by atoms with Crippen LogP contribution in [0.4, 0.5) is 0 Å². The van der Waals surface area contributed by atoms with Crippen molar-refractivity contribution < 1.29 is 29.2 Å². The first kappa shape index (κ1) is 13.7. The van der Waals surface area contributed by atoms with Gasteiger partial charge >= 0.3 is 0 Å². The summed E-state index contributed by atoms with van der Waals surface area (Å²) in [5, 5.41) is 20.8. The summed E-state index contributed by atoms with van der Waals surface area (Å²) in [6, 6.07) is 0. The van der Waals surface area contributed by atoms with Crippen molar-refractivity contribution in [2.75, 3.05) is 26.4 Å². The van der Waals surface area contributed by atoms with Crippen molar-refractivity contribution in [2.24, 2.45) is 0 Å². The van der Waals surface area contributed by atoms with Crippen LogP contribution in [0.3, 0.4) is 0 Å². The minimum Gasteiger partial charge on any atom is -0.395 e. The zero-order valence-electron chi connectivity index (χ0n) is 10.3. The van der Waals surface area contributed by atoms with Gasteiger partial charge in [0.1, 0.15) is 18.3 Å². The summed E-state index contributed by atoms with van der Waals surface area (Å²) in [7, 11) is 0. The Hall–Kier alpha value is -0.730. The quantitative estimate of drug-likeness (QED) is 0.562. The SMILES string of the molecule is CC1(CC(=O)NCCO)OCC2OCC(O)C2O1. The van der Waals surface area contributed by atoms with Gasteiger partial charge in [-0.15, -0.1) is 0 Å². The summed E-state index contributed by atoms with van der Waals surface area (Å²) < 4.78 is 16.4. The lowest BCUT2D eigenvalue weighted by atomic mass is 10.1. The van der Waals surface area contributed by atoms with Crippen molar-refractivity contribution in [3.8, 4) is 0 Å². The minimum absolute atomic E-state index is 0.0168. The van der Waals surface area contributed by atoms with Crippen LogP contribution in [0.1, 0.15) is 13.3 Å². The van der Waals surface area contributed by atoms with E-state index in [1.807, 2.05) is 0 Å². The van der Waals surface area contributed by atoms with Gasteiger partial charge in [-0.1, -0.05) is 0 Å². The Morgan fingerprint density at radius 1 is 1.50 bits per heavy atom. The van der Waals surface area contributed by atoms with E-state index in [4.69, 9.17) is 19.3 Å². The predicted molar refractivity (Wildman–Crippen MR) is 59.7 cm³/mol. The fraction of sp³-hybridized carbons (Fsp3) is 0.909. The second-order valence-electron chi connectivity index (χ2n) is 4.72. The lowest BCUT2D eigenvalue weighted by Crippen LogP contribution is -2.53. The molecule has 2 saturated heterocycles. The lowest BCUT2D eigenvalue weighted by molar-refractivity contribution is -0.308. The molecule has 3 N–H and O–H groups in total. The Labute approximate surface area is 105 Å². The van der Waals surface area contributed by atoms with Gasteiger partial charge < -0.3 is 29.7 Å². The number of hydrogen-bond acceptors (Lipinski definition) is 6. The second kappa shape index (κ2) is 5.50. The van der Waals surface area contributed by atoms with E-state index in [0.717, 1.165) is 0 Å². The van der Waals surface area contributed by atoms with E-state index >= 15 is 0 Å². The Bertz CT molecular complexity index is 312. The van der Waals surface area contributed by atoms with Crippen LogP contribution in [0, 0.1) is 0 Å². The second-order valence-corrected chi connectivity index (χ2v) is 4.72. The number of carbonyl (C=O) groups is 1. The van der Waals surface area contributed by atoms with Gasteiger partial charge in [-0.3, -0.25) is 4.79 Å². The van der Waals surface area contributed by atoms with E-state index in [-0.39, 0.29) is 38.2 Å². The number of carbonyl (C=O) groups excluding carboxylic acids is 1. The van der Waals surface area contributed by atoms with Gasteiger partial charge in [0, 0.05) is 6.54 Å². The fourth-order valence-corrected chi connectivity index (χ4v) is 2.18. The molecule has 4 atom stereocenters. The maximum Gasteiger partial charge on any atom is 0.225 e. The first-order valence-electron chi connectivity index (χ1n) is 6.03. The Morgan fingerprint density at radius 2 is 2.28 bits per heavy atom. The molecule has 4 unspecified atom stereocenters. The zero-order valence-corrected chi connectivity index (χ0v) is 10.3. The minimum atomic E-state index is -1.06. The molecule has 2 heterocycles. The van der Waals surface area contributed by atoms with Crippen LogP contribution in [0.5, 0.6) is 0 Å². The first-order valence-corrected chi connectivity index (χ1v) is 6.03. The standard InChI is InChI=1S/C11H19NO6/c1-11(4-9(15)12-2-3-13)17-6-8-10(18-11)7(14)5-16-8/h7-8,10,13-14H,2-6H2,1H3,(H,12,15). The van der Waals surface area contributed by atoms with Gasteiger partial charge in [-0.2, -0.15) is 0 Å². The van der Waals surface area contributed by atoms with E-state index in [9.17, 15) is 9.90 Å². The fourth-order valence-electron chi connectivity index (χ4n) is 2.18. The molecule has 0 aromatic heterocycles. The van der Waals surface area contributed by atoms with E-state index in [2.05, 4.69) is 5.32 Å². The number of amides is 1. The van der Waals surface area contributed by atoms with E-state index < -0.39 is 18.0 Å². The number of rotatable bonds is 4. The van der Waals surface area contributed by atoms with Crippen LogP contribution in [0.2, 0.25) is 0 Å². The van der Waals surface area contributed by atoms with Crippen LogP contribution >= 0.6 is 0 Å². The topological polar surface area (TPSA) is 97.3 Å². The average molecular weight is 261 g/mol. The summed E-state index contributed by atoms with van der Waals surface area (Å²) in [6.45, 7) is 2.28. The van der Waals surface area contributed by atoms with Crippen molar-refractivity contribution >= 4 is 5.91 Å². The normalized spacial score (nSPS) is 39.4. The Morgan fingerprint density at radius 3 is 3.00 bits per heavy atom. The molecule has 0 bridgehead atoms. The third-order valence-corrected chi connectivity index (χ3v) is 3.08. The molecule has 0 aromatic carbocycles. The molecule has 1 amide bonds. The summed E-state index contributed by atoms with van der Waals surface area (Å²) in [4.78, 5) is 11.6. The van der Waals surface area contributed by atoms with Gasteiger partial charge in [-0.25, -0.2) is 0 Å². The number of aliphatic hydroxyl groups is 2. The number of hydrogen-bond donors (Lipinski definition) is 3. The number of aliphatic hydroxyl groups excluding tert-OH is 2. The number of fused-ring (bicyclic) bond motifs is 1. The molecule has 2 fully saturated rings. The zero-order chi connectivity index (χ0) is 13.2. The molecule has 7 nitrogen and oxygen atoms in total. The maximum absolute atomic E-state index is 11.6. The summed E-state index contributed by atoms with van der Waals surface area (Å²) in [6.07, 6.45) is -1.38. The number of ether oxygens (including phenoxy) is 3. The molecule has 0 aromatic rings. The molecule has 0 aliphatic carbocycles. The van der Waals surface area contributed by atoms with E-state index in [1.165, 1.54) is 0 Å². The van der Waals surface area contributed by atoms with Crippen LogP contribution in [-0.4, -0.2) is 66.6 Å². The molecular formula is C11H19NO6. The van der Waals surface area contributed by atoms with Crippen molar-refractivity contribution in [3.05, 3.63) is 0 Å². The first-order chi connectivity index (χ1) is 8.54. The lowest BCUT2D eigenvalue weighted by Gasteiger charge is -2.39. The van der Waals surface area contributed by atoms with E-state index in [1.54, 1.807) is 6.92 Å². The van der Waals surface area contributed by atoms with Crippen molar-refractivity contribution in [2.45, 2.75) is 37.4 Å². The van der Waals surface area contributed by atoms with E-state index in [0.29, 0.717) is 6.61 Å². The molecule has 7 heteroatoms. The van der Waals surface area contributed by atoms with Gasteiger partial charge in [0.2, 0.25) is 5.91 Å². The summed E-state index contributed by atoms with van der Waals surface area (Å²) in [5.41, 5.74) is 0.